The van der Waals surface area contributed by atoms with E-state index < -0.39 is 0 Å². The van der Waals surface area contributed by atoms with E-state index in [4.69, 9.17) is 0 Å². The van der Waals surface area contributed by atoms with Gasteiger partial charge in [-0.1, -0.05) is 6.07 Å². The summed E-state index contributed by atoms with van der Waals surface area (Å²) < 4.78 is 0.740. The molecule has 4 heteroatoms. The highest BCUT2D eigenvalue weighted by Gasteiger charge is 2.02. The Morgan fingerprint density at radius 3 is 2.61 bits per heavy atom. The van der Waals surface area contributed by atoms with E-state index >= 15 is 0 Å². The smallest absolute Gasteiger partial charge is 0.129 e. The summed E-state index contributed by atoms with van der Waals surface area (Å²) in [6.07, 6.45) is 0. The third-order valence-corrected chi connectivity index (χ3v) is 4.65. The van der Waals surface area contributed by atoms with Gasteiger partial charge >= 0.3 is 0 Å². The van der Waals surface area contributed by atoms with Crippen LogP contribution < -0.4 is 5.32 Å². The molecule has 0 aliphatic rings. The minimum atomic E-state index is 0.281. The van der Waals surface area contributed by atoms with Crippen molar-refractivity contribution in [2.75, 3.05) is 0 Å². The largest absolute Gasteiger partial charge is 0.507 e. The van der Waals surface area contributed by atoms with Crippen LogP contribution in [0.3, 0.4) is 0 Å². The molecule has 0 aliphatic carbocycles. The van der Waals surface area contributed by atoms with Crippen molar-refractivity contribution < 1.29 is 5.11 Å². The van der Waals surface area contributed by atoms with Gasteiger partial charge in [-0.15, -0.1) is 11.3 Å². The van der Waals surface area contributed by atoms with Gasteiger partial charge in [-0.3, -0.25) is 0 Å². The number of halogens is 1. The summed E-state index contributed by atoms with van der Waals surface area (Å²) in [6, 6.07) is 7.81. The molecule has 0 amide bonds. The summed E-state index contributed by atoms with van der Waals surface area (Å²) in [7, 11) is 0. The quantitative estimate of drug-likeness (QED) is 0.886. The Hall–Kier alpha value is -0.840. The van der Waals surface area contributed by atoms with Gasteiger partial charge in [0.15, 0.2) is 0 Å². The average Bonchev–Trinajstić information content (AvgIpc) is 2.63. The molecule has 0 aliphatic heterocycles. The van der Waals surface area contributed by atoms with E-state index in [-0.39, 0.29) is 5.75 Å². The Labute approximate surface area is 120 Å². The normalized spacial score (nSPS) is 10.8. The van der Waals surface area contributed by atoms with Crippen molar-refractivity contribution in [3.63, 3.8) is 0 Å². The number of phenols is 1. The number of nitrogens with one attached hydrogen (secondary N) is 1. The molecule has 0 atom stereocenters. The van der Waals surface area contributed by atoms with Crippen LogP contribution >= 0.6 is 27.3 Å². The zero-order chi connectivity index (χ0) is 13.1. The van der Waals surface area contributed by atoms with E-state index in [1.807, 2.05) is 23.5 Å². The molecule has 0 saturated carbocycles. The summed E-state index contributed by atoms with van der Waals surface area (Å²) >= 11 is 5.16. The highest BCUT2D eigenvalue weighted by Crippen LogP contribution is 2.24. The zero-order valence-corrected chi connectivity index (χ0v) is 12.9. The fourth-order valence-corrected chi connectivity index (χ4v) is 3.18. The molecule has 1 aromatic heterocycles. The number of rotatable bonds is 4. The highest BCUT2D eigenvalue weighted by molar-refractivity contribution is 9.10. The van der Waals surface area contributed by atoms with E-state index in [2.05, 4.69) is 41.2 Å². The molecule has 1 aromatic carbocycles. The molecule has 2 aromatic rings. The van der Waals surface area contributed by atoms with Crippen molar-refractivity contribution >= 4 is 27.3 Å². The lowest BCUT2D eigenvalue weighted by Gasteiger charge is -2.05. The monoisotopic (exact) mass is 325 g/mol. The van der Waals surface area contributed by atoms with Crippen LogP contribution in [0.5, 0.6) is 5.75 Å². The summed E-state index contributed by atoms with van der Waals surface area (Å²) in [4.78, 5) is 2.75. The molecule has 0 fully saturated rings. The van der Waals surface area contributed by atoms with Crippen LogP contribution in [-0.2, 0) is 13.1 Å². The molecule has 2 rings (SSSR count). The van der Waals surface area contributed by atoms with Crippen molar-refractivity contribution in [3.8, 4) is 5.75 Å². The lowest BCUT2D eigenvalue weighted by molar-refractivity contribution is 0.471. The van der Waals surface area contributed by atoms with Gasteiger partial charge in [-0.05, 0) is 59.1 Å². The Morgan fingerprint density at radius 2 is 2.00 bits per heavy atom. The first-order valence-electron chi connectivity index (χ1n) is 5.80. The third kappa shape index (κ3) is 3.34. The molecule has 96 valence electrons. The van der Waals surface area contributed by atoms with Gasteiger partial charge in [0.2, 0.25) is 0 Å². The van der Waals surface area contributed by atoms with Crippen LogP contribution in [0.4, 0.5) is 0 Å². The van der Waals surface area contributed by atoms with Crippen molar-refractivity contribution in [2.24, 2.45) is 0 Å². The molecule has 1 heterocycles. The topological polar surface area (TPSA) is 32.3 Å². The van der Waals surface area contributed by atoms with Crippen molar-refractivity contribution in [3.05, 3.63) is 49.6 Å². The number of aryl methyl sites for hydroxylation is 2. The highest BCUT2D eigenvalue weighted by atomic mass is 79.9. The van der Waals surface area contributed by atoms with Crippen LogP contribution in [0, 0.1) is 13.8 Å². The first-order chi connectivity index (χ1) is 8.56. The second kappa shape index (κ2) is 5.87. The predicted octanol–water partition coefficient (Wildman–Crippen LogP) is 4.12. The Morgan fingerprint density at radius 1 is 1.22 bits per heavy atom. The maximum atomic E-state index is 9.41. The van der Waals surface area contributed by atoms with Crippen LogP contribution in [0.25, 0.3) is 0 Å². The average molecular weight is 326 g/mol. The Balaban J connectivity index is 1.90. The second-order valence-electron chi connectivity index (χ2n) is 4.34. The van der Waals surface area contributed by atoms with E-state index in [0.717, 1.165) is 23.1 Å². The van der Waals surface area contributed by atoms with E-state index in [1.54, 1.807) is 6.07 Å². The van der Waals surface area contributed by atoms with Gasteiger partial charge in [0, 0.05) is 22.8 Å². The van der Waals surface area contributed by atoms with E-state index in [9.17, 15) is 5.11 Å². The summed E-state index contributed by atoms with van der Waals surface area (Å²) in [6.45, 7) is 5.99. The molecule has 0 spiro atoms. The molecule has 0 radical (unpaired) electrons. The van der Waals surface area contributed by atoms with Gasteiger partial charge in [0.1, 0.15) is 5.75 Å². The predicted molar refractivity (Wildman–Crippen MR) is 80.1 cm³/mol. The van der Waals surface area contributed by atoms with Gasteiger partial charge in [0.25, 0.3) is 0 Å². The van der Waals surface area contributed by atoms with Crippen molar-refractivity contribution in [2.45, 2.75) is 26.9 Å². The molecule has 0 unspecified atom stereocenters. The van der Waals surface area contributed by atoms with Gasteiger partial charge < -0.3 is 10.4 Å². The van der Waals surface area contributed by atoms with Gasteiger partial charge in [-0.25, -0.2) is 0 Å². The fourth-order valence-electron chi connectivity index (χ4n) is 1.73. The zero-order valence-electron chi connectivity index (χ0n) is 10.5. The summed E-state index contributed by atoms with van der Waals surface area (Å²) in [5.41, 5.74) is 2.52. The van der Waals surface area contributed by atoms with Gasteiger partial charge in [-0.2, -0.15) is 0 Å². The molecular weight excluding hydrogens is 310 g/mol. The van der Waals surface area contributed by atoms with Crippen molar-refractivity contribution in [1.82, 2.24) is 5.32 Å². The van der Waals surface area contributed by atoms with Crippen molar-refractivity contribution in [1.29, 1.82) is 0 Å². The van der Waals surface area contributed by atoms with E-state index in [1.165, 1.54) is 15.3 Å². The number of aromatic hydroxyl groups is 1. The van der Waals surface area contributed by atoms with Crippen LogP contribution in [0.15, 0.2) is 28.7 Å². The second-order valence-corrected chi connectivity index (χ2v) is 6.54. The molecule has 0 bridgehead atoms. The minimum Gasteiger partial charge on any atom is -0.507 e. The first kappa shape index (κ1) is 13.6. The lowest BCUT2D eigenvalue weighted by atomic mass is 10.2. The Bertz CT molecular complexity index is 531. The number of hydrogen-bond acceptors (Lipinski definition) is 3. The molecule has 2 N–H and O–H groups in total. The maximum absolute atomic E-state index is 9.41. The van der Waals surface area contributed by atoms with Crippen LogP contribution in [0.1, 0.15) is 20.9 Å². The summed E-state index contributed by atoms with van der Waals surface area (Å²) in [5.74, 6) is 0.281. The fraction of sp³-hybridized carbons (Fsp3) is 0.286. The SMILES string of the molecule is Cc1cc(CNCc2ccc(O)c(Br)c2)sc1C. The molecule has 2 nitrogen and oxygen atoms in total. The number of thiophene rings is 1. The molecule has 0 saturated heterocycles. The van der Waals surface area contributed by atoms with Crippen LogP contribution in [0.2, 0.25) is 0 Å². The number of phenolic OH excluding ortho intramolecular Hbond substituents is 1. The van der Waals surface area contributed by atoms with Gasteiger partial charge in [0.05, 0.1) is 4.47 Å². The van der Waals surface area contributed by atoms with E-state index in [0.29, 0.717) is 0 Å². The lowest BCUT2D eigenvalue weighted by Crippen LogP contribution is -2.11. The standard InChI is InChI=1S/C14H16BrNOS/c1-9-5-12(18-10(9)2)8-16-7-11-3-4-14(17)13(15)6-11/h3-6,16-17H,7-8H2,1-2H3. The minimum absolute atomic E-state index is 0.281. The third-order valence-electron chi connectivity index (χ3n) is 2.86. The molecule has 18 heavy (non-hydrogen) atoms. The molecular formula is C14H16BrNOS. The van der Waals surface area contributed by atoms with Crippen LogP contribution in [-0.4, -0.2) is 5.11 Å². The first-order valence-corrected chi connectivity index (χ1v) is 7.41. The Kier molecular flexibility index (Phi) is 4.43. The maximum Gasteiger partial charge on any atom is 0.129 e. The number of hydrogen-bond donors (Lipinski definition) is 2. The summed E-state index contributed by atoms with van der Waals surface area (Å²) in [5, 5.41) is 12.8. The number of benzene rings is 1.